The monoisotopic (exact) mass is 283 g/mol. The molecule has 3 heteroatoms. The largest absolute Gasteiger partial charge is 0.308 e. The first-order valence-corrected chi connectivity index (χ1v) is 6.86. The van der Waals surface area contributed by atoms with E-state index in [1.807, 2.05) is 24.3 Å². The average Bonchev–Trinajstić information content (AvgIpc) is 2.50. The van der Waals surface area contributed by atoms with Crippen molar-refractivity contribution in [3.05, 3.63) is 83.4 Å². The van der Waals surface area contributed by atoms with Crippen LogP contribution in [0.5, 0.6) is 0 Å². The smallest absolute Gasteiger partial charge is 0.130 e. The molecule has 1 N–H and O–H groups in total. The van der Waals surface area contributed by atoms with Gasteiger partial charge in [0.25, 0.3) is 0 Å². The highest BCUT2D eigenvalue weighted by Crippen LogP contribution is 2.18. The first-order valence-electron chi connectivity index (χ1n) is 6.86. The summed E-state index contributed by atoms with van der Waals surface area (Å²) in [5.74, 6) is -1.03. The average molecular weight is 283 g/mol. The molecule has 0 amide bonds. The topological polar surface area (TPSA) is 12.0 Å². The van der Waals surface area contributed by atoms with Crippen molar-refractivity contribution in [3.63, 3.8) is 0 Å². The van der Waals surface area contributed by atoms with Crippen molar-refractivity contribution < 1.29 is 8.78 Å². The third kappa shape index (κ3) is 2.93. The molecule has 0 saturated heterocycles. The van der Waals surface area contributed by atoms with Crippen LogP contribution in [0.3, 0.4) is 0 Å². The minimum atomic E-state index is -0.514. The minimum absolute atomic E-state index is 0.0812. The van der Waals surface area contributed by atoms with Gasteiger partial charge in [-0.25, -0.2) is 8.78 Å². The van der Waals surface area contributed by atoms with Gasteiger partial charge in [-0.05, 0) is 28.5 Å². The summed E-state index contributed by atoms with van der Waals surface area (Å²) >= 11 is 0. The van der Waals surface area contributed by atoms with Gasteiger partial charge in [-0.1, -0.05) is 48.5 Å². The van der Waals surface area contributed by atoms with Crippen LogP contribution in [0.1, 0.15) is 11.1 Å². The van der Waals surface area contributed by atoms with Crippen molar-refractivity contribution in [1.29, 1.82) is 0 Å². The fourth-order valence-corrected chi connectivity index (χ4v) is 2.47. The molecule has 1 nitrogen and oxygen atoms in total. The van der Waals surface area contributed by atoms with Gasteiger partial charge in [0, 0.05) is 18.7 Å². The molecule has 3 aromatic rings. The maximum atomic E-state index is 13.5. The number of hydrogen-bond acceptors (Lipinski definition) is 1. The van der Waals surface area contributed by atoms with Crippen molar-refractivity contribution >= 4 is 10.8 Å². The second-order valence-electron chi connectivity index (χ2n) is 4.94. The van der Waals surface area contributed by atoms with Crippen LogP contribution >= 0.6 is 0 Å². The lowest BCUT2D eigenvalue weighted by atomic mass is 10.0. The zero-order chi connectivity index (χ0) is 14.7. The fourth-order valence-electron chi connectivity index (χ4n) is 2.47. The van der Waals surface area contributed by atoms with Gasteiger partial charge in [-0.2, -0.15) is 0 Å². The quantitative estimate of drug-likeness (QED) is 0.748. The zero-order valence-electron chi connectivity index (χ0n) is 11.4. The molecular weight excluding hydrogens is 268 g/mol. The Labute approximate surface area is 122 Å². The zero-order valence-corrected chi connectivity index (χ0v) is 11.4. The summed E-state index contributed by atoms with van der Waals surface area (Å²) in [7, 11) is 0. The Morgan fingerprint density at radius 3 is 2.19 bits per heavy atom. The Kier molecular flexibility index (Phi) is 3.93. The molecule has 0 aliphatic heterocycles. The summed E-state index contributed by atoms with van der Waals surface area (Å²) in [4.78, 5) is 0. The minimum Gasteiger partial charge on any atom is -0.308 e. The summed E-state index contributed by atoms with van der Waals surface area (Å²) in [5.41, 5.74) is 1.20. The van der Waals surface area contributed by atoms with E-state index in [0.29, 0.717) is 6.54 Å². The van der Waals surface area contributed by atoms with E-state index in [1.165, 1.54) is 18.2 Å². The molecule has 0 unspecified atom stereocenters. The number of rotatable bonds is 4. The molecule has 0 bridgehead atoms. The van der Waals surface area contributed by atoms with Crippen molar-refractivity contribution in [2.75, 3.05) is 0 Å². The molecule has 21 heavy (non-hydrogen) atoms. The molecule has 0 heterocycles. The van der Waals surface area contributed by atoms with E-state index in [1.54, 1.807) is 0 Å². The van der Waals surface area contributed by atoms with Gasteiger partial charge < -0.3 is 5.32 Å². The van der Waals surface area contributed by atoms with Crippen LogP contribution in [0.2, 0.25) is 0 Å². The van der Waals surface area contributed by atoms with Gasteiger partial charge in [0.15, 0.2) is 0 Å². The molecule has 3 rings (SSSR count). The van der Waals surface area contributed by atoms with Crippen LogP contribution in [0, 0.1) is 11.6 Å². The summed E-state index contributed by atoms with van der Waals surface area (Å²) < 4.78 is 27.1. The Morgan fingerprint density at radius 1 is 0.714 bits per heavy atom. The second kappa shape index (κ2) is 6.02. The van der Waals surface area contributed by atoms with Crippen LogP contribution < -0.4 is 5.32 Å². The van der Waals surface area contributed by atoms with E-state index in [2.05, 4.69) is 23.5 Å². The third-order valence-electron chi connectivity index (χ3n) is 3.56. The lowest BCUT2D eigenvalue weighted by molar-refractivity contribution is 0.536. The summed E-state index contributed by atoms with van der Waals surface area (Å²) in [6, 6.07) is 18.1. The van der Waals surface area contributed by atoms with Gasteiger partial charge in [-0.15, -0.1) is 0 Å². The maximum absolute atomic E-state index is 13.5. The molecule has 0 aromatic heterocycles. The first-order chi connectivity index (χ1) is 10.3. The summed E-state index contributed by atoms with van der Waals surface area (Å²) in [6.45, 7) is 0.733. The van der Waals surface area contributed by atoms with E-state index < -0.39 is 11.6 Å². The molecule has 0 aliphatic rings. The van der Waals surface area contributed by atoms with Crippen molar-refractivity contribution in [2.24, 2.45) is 0 Å². The van der Waals surface area contributed by atoms with Gasteiger partial charge >= 0.3 is 0 Å². The predicted octanol–water partition coefficient (Wildman–Crippen LogP) is 4.41. The maximum Gasteiger partial charge on any atom is 0.130 e. The molecule has 0 fully saturated rings. The number of fused-ring (bicyclic) bond motifs is 1. The van der Waals surface area contributed by atoms with Crippen LogP contribution in [0.25, 0.3) is 10.8 Å². The number of halogens is 2. The van der Waals surface area contributed by atoms with E-state index >= 15 is 0 Å². The van der Waals surface area contributed by atoms with Gasteiger partial charge in [0.1, 0.15) is 11.6 Å². The van der Waals surface area contributed by atoms with Gasteiger partial charge in [0.05, 0.1) is 0 Å². The molecule has 106 valence electrons. The molecule has 0 saturated carbocycles. The van der Waals surface area contributed by atoms with E-state index in [-0.39, 0.29) is 12.1 Å². The third-order valence-corrected chi connectivity index (χ3v) is 3.56. The second-order valence-corrected chi connectivity index (χ2v) is 4.94. The van der Waals surface area contributed by atoms with E-state index in [0.717, 1.165) is 16.3 Å². The normalized spacial score (nSPS) is 11.0. The highest BCUT2D eigenvalue weighted by Gasteiger charge is 2.08. The lowest BCUT2D eigenvalue weighted by Crippen LogP contribution is -2.15. The van der Waals surface area contributed by atoms with Crippen molar-refractivity contribution in [3.8, 4) is 0 Å². The van der Waals surface area contributed by atoms with Crippen LogP contribution in [0.15, 0.2) is 60.7 Å². The van der Waals surface area contributed by atoms with Crippen molar-refractivity contribution in [2.45, 2.75) is 13.1 Å². The predicted molar refractivity (Wildman–Crippen MR) is 80.8 cm³/mol. The Hall–Kier alpha value is -2.26. The Morgan fingerprint density at radius 2 is 1.38 bits per heavy atom. The van der Waals surface area contributed by atoms with Crippen LogP contribution in [0.4, 0.5) is 8.78 Å². The molecular formula is C18H15F2N. The summed E-state index contributed by atoms with van der Waals surface area (Å²) in [6.07, 6.45) is 0. The fraction of sp³-hybridized carbons (Fsp3) is 0.111. The van der Waals surface area contributed by atoms with Crippen molar-refractivity contribution in [1.82, 2.24) is 5.32 Å². The summed E-state index contributed by atoms with van der Waals surface area (Å²) in [5, 5.41) is 5.43. The van der Waals surface area contributed by atoms with E-state index in [4.69, 9.17) is 0 Å². The molecule has 3 aromatic carbocycles. The van der Waals surface area contributed by atoms with Gasteiger partial charge in [-0.3, -0.25) is 0 Å². The van der Waals surface area contributed by atoms with Crippen LogP contribution in [-0.4, -0.2) is 0 Å². The first kappa shape index (κ1) is 13.7. The molecule has 0 aliphatic carbocycles. The highest BCUT2D eigenvalue weighted by molar-refractivity contribution is 5.85. The van der Waals surface area contributed by atoms with Gasteiger partial charge in [0.2, 0.25) is 0 Å². The molecule has 0 radical (unpaired) electrons. The Bertz CT molecular complexity index is 743. The lowest BCUT2D eigenvalue weighted by Gasteiger charge is -2.09. The van der Waals surface area contributed by atoms with Crippen LogP contribution in [-0.2, 0) is 13.1 Å². The number of nitrogens with one attached hydrogen (secondary N) is 1. The van der Waals surface area contributed by atoms with E-state index in [9.17, 15) is 8.78 Å². The number of benzene rings is 3. The SMILES string of the molecule is Fc1cccc(F)c1CNCc1cccc2ccccc12. The standard InChI is InChI=1S/C18H15F2N/c19-17-9-4-10-18(20)16(17)12-21-11-14-7-3-6-13-5-1-2-8-15(13)14/h1-10,21H,11-12H2. The molecule has 0 atom stereocenters. The Balaban J connectivity index is 1.76. The number of hydrogen-bond donors (Lipinski definition) is 1. The molecule has 0 spiro atoms. The highest BCUT2D eigenvalue weighted by atomic mass is 19.1.